The maximum absolute atomic E-state index is 4.45. The molecule has 3 heterocycles. The number of halogens is 1. The van der Waals surface area contributed by atoms with E-state index in [0.717, 1.165) is 18.6 Å². The molecule has 3 aromatic heterocycles. The number of aryl methyl sites for hydroxylation is 1. The van der Waals surface area contributed by atoms with Crippen LogP contribution in [0, 0.1) is 3.57 Å². The number of nitrogens with zero attached hydrogens (tertiary/aromatic N) is 3. The van der Waals surface area contributed by atoms with Gasteiger partial charge in [0.25, 0.3) is 0 Å². The molecule has 0 atom stereocenters. The molecule has 0 radical (unpaired) electrons. The molecular weight excluding hydrogens is 349 g/mol. The Balaban J connectivity index is 1.89. The van der Waals surface area contributed by atoms with Gasteiger partial charge in [-0.2, -0.15) is 0 Å². The van der Waals surface area contributed by atoms with Crippen LogP contribution in [0.25, 0.3) is 5.65 Å². The molecule has 0 spiro atoms. The molecule has 0 unspecified atom stereocenters. The van der Waals surface area contributed by atoms with Gasteiger partial charge in [-0.05, 0) is 52.8 Å². The number of pyridine rings is 1. The molecule has 0 amide bonds. The largest absolute Gasteiger partial charge is 0.348 e. The standard InChI is InChI=1S/C15H16IN3/c1-2-3-12-6-7-18(9-12)11-14-8-17-15-5-4-13(16)10-19(14)15/h4-10H,2-3,11H2,1H3. The highest BCUT2D eigenvalue weighted by Gasteiger charge is 2.04. The second kappa shape index (κ2) is 5.36. The number of aromatic nitrogens is 3. The lowest BCUT2D eigenvalue weighted by molar-refractivity contribution is 0.766. The van der Waals surface area contributed by atoms with Crippen LogP contribution in [0.2, 0.25) is 0 Å². The van der Waals surface area contributed by atoms with Crippen LogP contribution >= 0.6 is 22.6 Å². The van der Waals surface area contributed by atoms with Crippen LogP contribution in [0.4, 0.5) is 0 Å². The van der Waals surface area contributed by atoms with E-state index >= 15 is 0 Å². The summed E-state index contributed by atoms with van der Waals surface area (Å²) in [5, 5.41) is 0. The van der Waals surface area contributed by atoms with Crippen LogP contribution in [0.1, 0.15) is 24.6 Å². The molecule has 0 bridgehead atoms. The van der Waals surface area contributed by atoms with Gasteiger partial charge >= 0.3 is 0 Å². The van der Waals surface area contributed by atoms with Crippen molar-refractivity contribution in [3.05, 3.63) is 57.8 Å². The van der Waals surface area contributed by atoms with E-state index in [1.165, 1.54) is 21.2 Å². The van der Waals surface area contributed by atoms with Gasteiger partial charge in [0, 0.05) is 22.2 Å². The van der Waals surface area contributed by atoms with Gasteiger partial charge < -0.3 is 8.97 Å². The zero-order chi connectivity index (χ0) is 13.2. The molecule has 0 saturated heterocycles. The van der Waals surface area contributed by atoms with Crippen molar-refractivity contribution in [2.45, 2.75) is 26.3 Å². The highest BCUT2D eigenvalue weighted by Crippen LogP contribution is 2.13. The van der Waals surface area contributed by atoms with E-state index in [4.69, 9.17) is 0 Å². The van der Waals surface area contributed by atoms with Gasteiger partial charge in [0.1, 0.15) is 5.65 Å². The number of hydrogen-bond donors (Lipinski definition) is 0. The Morgan fingerprint density at radius 1 is 1.21 bits per heavy atom. The van der Waals surface area contributed by atoms with E-state index in [1.807, 2.05) is 6.20 Å². The first kappa shape index (κ1) is 12.7. The summed E-state index contributed by atoms with van der Waals surface area (Å²) in [6.45, 7) is 3.08. The first-order chi connectivity index (χ1) is 9.26. The van der Waals surface area contributed by atoms with Crippen molar-refractivity contribution < 1.29 is 0 Å². The molecule has 0 aliphatic carbocycles. The van der Waals surface area contributed by atoms with Crippen molar-refractivity contribution >= 4 is 28.2 Å². The summed E-state index contributed by atoms with van der Waals surface area (Å²) < 4.78 is 5.62. The fourth-order valence-corrected chi connectivity index (χ4v) is 2.79. The van der Waals surface area contributed by atoms with Gasteiger partial charge in [-0.25, -0.2) is 4.98 Å². The summed E-state index contributed by atoms with van der Waals surface area (Å²) >= 11 is 2.33. The summed E-state index contributed by atoms with van der Waals surface area (Å²) in [5.74, 6) is 0. The van der Waals surface area contributed by atoms with Gasteiger partial charge in [-0.3, -0.25) is 0 Å². The van der Waals surface area contributed by atoms with E-state index in [1.54, 1.807) is 0 Å². The van der Waals surface area contributed by atoms with Crippen LogP contribution < -0.4 is 0 Å². The van der Waals surface area contributed by atoms with E-state index < -0.39 is 0 Å². The Morgan fingerprint density at radius 3 is 2.95 bits per heavy atom. The van der Waals surface area contributed by atoms with Crippen LogP contribution in [0.3, 0.4) is 0 Å². The van der Waals surface area contributed by atoms with Crippen molar-refractivity contribution in [2.75, 3.05) is 0 Å². The smallest absolute Gasteiger partial charge is 0.137 e. The van der Waals surface area contributed by atoms with E-state index in [9.17, 15) is 0 Å². The van der Waals surface area contributed by atoms with E-state index in [-0.39, 0.29) is 0 Å². The highest BCUT2D eigenvalue weighted by molar-refractivity contribution is 14.1. The summed E-state index contributed by atoms with van der Waals surface area (Å²) in [6.07, 6.45) is 10.8. The molecule has 3 rings (SSSR count). The van der Waals surface area contributed by atoms with Crippen molar-refractivity contribution in [1.29, 1.82) is 0 Å². The van der Waals surface area contributed by atoms with Crippen molar-refractivity contribution in [2.24, 2.45) is 0 Å². The molecule has 0 fully saturated rings. The predicted molar refractivity (Wildman–Crippen MR) is 85.4 cm³/mol. The third-order valence-corrected chi connectivity index (χ3v) is 3.88. The molecule has 0 saturated carbocycles. The van der Waals surface area contributed by atoms with Gasteiger partial charge in [-0.15, -0.1) is 0 Å². The van der Waals surface area contributed by atoms with Crippen LogP contribution in [-0.4, -0.2) is 14.0 Å². The van der Waals surface area contributed by atoms with Crippen LogP contribution in [0.15, 0.2) is 43.0 Å². The zero-order valence-corrected chi connectivity index (χ0v) is 13.0. The van der Waals surface area contributed by atoms with Crippen molar-refractivity contribution in [1.82, 2.24) is 14.0 Å². The molecule has 0 aliphatic rings. The number of hydrogen-bond acceptors (Lipinski definition) is 1. The highest BCUT2D eigenvalue weighted by atomic mass is 127. The average Bonchev–Trinajstić information content (AvgIpc) is 2.98. The normalized spacial score (nSPS) is 11.3. The lowest BCUT2D eigenvalue weighted by atomic mass is 10.2. The second-order valence-electron chi connectivity index (χ2n) is 4.77. The number of rotatable bonds is 4. The molecule has 0 aliphatic heterocycles. The summed E-state index contributed by atoms with van der Waals surface area (Å²) in [7, 11) is 0. The number of imidazole rings is 1. The van der Waals surface area contributed by atoms with Gasteiger partial charge in [0.15, 0.2) is 0 Å². The fraction of sp³-hybridized carbons (Fsp3) is 0.267. The lowest BCUT2D eigenvalue weighted by Crippen LogP contribution is -2.00. The van der Waals surface area contributed by atoms with Crippen molar-refractivity contribution in [3.8, 4) is 0 Å². The predicted octanol–water partition coefficient (Wildman–Crippen LogP) is 3.74. The van der Waals surface area contributed by atoms with Gasteiger partial charge in [0.2, 0.25) is 0 Å². The molecule has 3 nitrogen and oxygen atoms in total. The second-order valence-corrected chi connectivity index (χ2v) is 6.01. The quantitative estimate of drug-likeness (QED) is 0.646. The molecular formula is C15H16IN3. The Hall–Kier alpha value is -1.30. The molecule has 19 heavy (non-hydrogen) atoms. The minimum absolute atomic E-state index is 0.866. The van der Waals surface area contributed by atoms with Crippen LogP contribution in [-0.2, 0) is 13.0 Å². The summed E-state index contributed by atoms with van der Waals surface area (Å²) in [5.41, 5.74) is 3.63. The Labute approximate surface area is 126 Å². The molecule has 0 N–H and O–H groups in total. The summed E-state index contributed by atoms with van der Waals surface area (Å²) in [6, 6.07) is 6.35. The van der Waals surface area contributed by atoms with E-state index in [2.05, 4.69) is 80.3 Å². The van der Waals surface area contributed by atoms with E-state index in [0.29, 0.717) is 0 Å². The average molecular weight is 365 g/mol. The Morgan fingerprint density at radius 2 is 2.11 bits per heavy atom. The maximum atomic E-state index is 4.45. The maximum Gasteiger partial charge on any atom is 0.137 e. The Bertz CT molecular complexity index is 696. The monoisotopic (exact) mass is 365 g/mol. The molecule has 4 heteroatoms. The molecule has 98 valence electrons. The number of fused-ring (bicyclic) bond motifs is 1. The molecule has 0 aromatic carbocycles. The minimum Gasteiger partial charge on any atom is -0.348 e. The zero-order valence-electron chi connectivity index (χ0n) is 10.9. The van der Waals surface area contributed by atoms with Crippen LogP contribution in [0.5, 0.6) is 0 Å². The summed E-state index contributed by atoms with van der Waals surface area (Å²) in [4.78, 5) is 4.45. The van der Waals surface area contributed by atoms with Gasteiger partial charge in [-0.1, -0.05) is 13.3 Å². The lowest BCUT2D eigenvalue weighted by Gasteiger charge is -2.04. The fourth-order valence-electron chi connectivity index (χ4n) is 2.33. The molecule has 3 aromatic rings. The van der Waals surface area contributed by atoms with Gasteiger partial charge in [0.05, 0.1) is 18.4 Å². The first-order valence-electron chi connectivity index (χ1n) is 6.52. The SMILES string of the molecule is CCCc1ccn(Cc2cnc3ccc(I)cn23)c1. The third-order valence-electron chi connectivity index (χ3n) is 3.24. The third kappa shape index (κ3) is 2.68. The Kier molecular flexibility index (Phi) is 3.59. The first-order valence-corrected chi connectivity index (χ1v) is 7.60. The minimum atomic E-state index is 0.866. The van der Waals surface area contributed by atoms with Crippen molar-refractivity contribution in [3.63, 3.8) is 0 Å². The topological polar surface area (TPSA) is 22.2 Å².